The quantitative estimate of drug-likeness (QED) is 0.264. The predicted molar refractivity (Wildman–Crippen MR) is 148 cm³/mol. The third kappa shape index (κ3) is 12.0. The van der Waals surface area contributed by atoms with Gasteiger partial charge in [0.15, 0.2) is 0 Å². The smallest absolute Gasteiger partial charge is 0.408 e. The van der Waals surface area contributed by atoms with Gasteiger partial charge >= 0.3 is 12.1 Å². The monoisotopic (exact) mass is 533 g/mol. The molecule has 0 radical (unpaired) electrons. The first kappa shape index (κ1) is 32.9. The molecule has 0 saturated heterocycles. The van der Waals surface area contributed by atoms with Crippen molar-refractivity contribution >= 4 is 23.9 Å². The minimum absolute atomic E-state index is 0.0280. The van der Waals surface area contributed by atoms with Crippen LogP contribution in [0.5, 0.6) is 0 Å². The summed E-state index contributed by atoms with van der Waals surface area (Å²) in [5, 5.41) is 5.42. The molecule has 2 atom stereocenters. The number of hydrogen-bond acceptors (Lipinski definition) is 6. The Bertz CT molecular complexity index is 920. The van der Waals surface area contributed by atoms with Crippen molar-refractivity contribution in [1.29, 1.82) is 0 Å². The van der Waals surface area contributed by atoms with Crippen molar-refractivity contribution in [2.75, 3.05) is 19.7 Å². The highest BCUT2D eigenvalue weighted by Gasteiger charge is 2.34. The van der Waals surface area contributed by atoms with Crippen LogP contribution in [0.2, 0.25) is 0 Å². The third-order valence-corrected chi connectivity index (χ3v) is 5.69. The van der Waals surface area contributed by atoms with E-state index in [0.717, 1.165) is 30.4 Å². The molecule has 2 unspecified atom stereocenters. The van der Waals surface area contributed by atoms with Gasteiger partial charge in [-0.25, -0.2) is 4.79 Å². The van der Waals surface area contributed by atoms with E-state index in [9.17, 15) is 19.2 Å². The number of ether oxygens (including phenoxy) is 2. The summed E-state index contributed by atoms with van der Waals surface area (Å²) in [4.78, 5) is 53.1. The van der Waals surface area contributed by atoms with Gasteiger partial charge in [0.05, 0.1) is 13.0 Å². The number of benzene rings is 1. The van der Waals surface area contributed by atoms with Crippen LogP contribution in [0.25, 0.3) is 0 Å². The summed E-state index contributed by atoms with van der Waals surface area (Å²) in [7, 11) is 0. The fraction of sp³-hybridized carbons (Fsp3) is 0.655. The molecule has 1 aromatic rings. The van der Waals surface area contributed by atoms with Crippen molar-refractivity contribution in [2.45, 2.75) is 105 Å². The Morgan fingerprint density at radius 2 is 1.61 bits per heavy atom. The summed E-state index contributed by atoms with van der Waals surface area (Å²) in [6.07, 6.45) is 2.97. The highest BCUT2D eigenvalue weighted by atomic mass is 16.6. The van der Waals surface area contributed by atoms with Crippen molar-refractivity contribution < 1.29 is 28.7 Å². The van der Waals surface area contributed by atoms with Gasteiger partial charge in [0, 0.05) is 13.1 Å². The van der Waals surface area contributed by atoms with Crippen molar-refractivity contribution in [3.63, 3.8) is 0 Å². The van der Waals surface area contributed by atoms with Gasteiger partial charge < -0.3 is 25.0 Å². The van der Waals surface area contributed by atoms with Crippen molar-refractivity contribution in [3.05, 3.63) is 34.9 Å². The lowest BCUT2D eigenvalue weighted by molar-refractivity contribution is -0.144. The molecule has 1 aromatic carbocycles. The topological polar surface area (TPSA) is 114 Å². The van der Waals surface area contributed by atoms with Gasteiger partial charge in [-0.05, 0) is 60.5 Å². The molecule has 0 saturated carbocycles. The second-order valence-corrected chi connectivity index (χ2v) is 10.6. The van der Waals surface area contributed by atoms with Gasteiger partial charge in [-0.3, -0.25) is 14.4 Å². The van der Waals surface area contributed by atoms with Crippen molar-refractivity contribution in [2.24, 2.45) is 0 Å². The number of esters is 1. The average molecular weight is 534 g/mol. The van der Waals surface area contributed by atoms with E-state index in [1.54, 1.807) is 34.6 Å². The van der Waals surface area contributed by atoms with E-state index in [1.807, 2.05) is 32.0 Å². The average Bonchev–Trinajstić information content (AvgIpc) is 2.78. The fourth-order valence-electron chi connectivity index (χ4n) is 4.13. The zero-order chi connectivity index (χ0) is 28.9. The second-order valence-electron chi connectivity index (χ2n) is 10.6. The van der Waals surface area contributed by atoms with Crippen LogP contribution in [0.3, 0.4) is 0 Å². The molecule has 0 heterocycles. The molecule has 9 heteroatoms. The number of nitrogens with zero attached hydrogens (tertiary/aromatic N) is 1. The molecule has 0 bridgehead atoms. The molecule has 0 aliphatic rings. The molecule has 0 fully saturated rings. The summed E-state index contributed by atoms with van der Waals surface area (Å²) < 4.78 is 10.3. The maximum absolute atomic E-state index is 13.8. The first-order valence-electron chi connectivity index (χ1n) is 13.6. The Balaban J connectivity index is 3.32. The zero-order valence-corrected chi connectivity index (χ0v) is 24.4. The van der Waals surface area contributed by atoms with Crippen LogP contribution in [-0.4, -0.2) is 60.1 Å². The Labute approximate surface area is 228 Å². The number of unbranched alkanes of at least 4 members (excludes halogenated alkanes) is 3. The largest absolute Gasteiger partial charge is 0.466 e. The van der Waals surface area contributed by atoms with Gasteiger partial charge in [0.25, 0.3) is 0 Å². The maximum Gasteiger partial charge on any atom is 0.408 e. The number of alkyl carbamates (subject to hydrolysis) is 1. The molecular weight excluding hydrogens is 486 g/mol. The first-order valence-corrected chi connectivity index (χ1v) is 13.6. The molecule has 1 rings (SSSR count). The van der Waals surface area contributed by atoms with Gasteiger partial charge in [0.1, 0.15) is 17.7 Å². The van der Waals surface area contributed by atoms with Crippen LogP contribution < -0.4 is 10.6 Å². The lowest BCUT2D eigenvalue weighted by Gasteiger charge is -2.34. The Morgan fingerprint density at radius 3 is 2.16 bits per heavy atom. The maximum atomic E-state index is 13.8. The molecule has 0 aromatic heterocycles. The molecule has 0 spiro atoms. The van der Waals surface area contributed by atoms with Crippen molar-refractivity contribution in [1.82, 2.24) is 15.5 Å². The number of aryl methyl sites for hydroxylation is 2. The van der Waals surface area contributed by atoms with Crippen LogP contribution in [0, 0.1) is 13.8 Å². The van der Waals surface area contributed by atoms with Crippen LogP contribution in [0.1, 0.15) is 96.4 Å². The number of carbonyl (C=O) groups is 4. The van der Waals surface area contributed by atoms with Crippen LogP contribution in [0.15, 0.2) is 18.2 Å². The molecule has 9 nitrogen and oxygen atoms in total. The van der Waals surface area contributed by atoms with E-state index < -0.39 is 41.6 Å². The number of carbonyl (C=O) groups excluding carboxylic acids is 4. The summed E-state index contributed by atoms with van der Waals surface area (Å²) in [5.41, 5.74) is 1.88. The standard InChI is InChI=1S/C29H47N3O6/c1-9-11-12-13-16-32(27(35)22(5)31-28(36)38-29(6,7)8)25(23-18-20(3)17-21(4)19-23)26(34)30-15-14-24(33)37-10-2/h17-19,22,25H,9-16H2,1-8H3,(H,30,34)(H,31,36). The van der Waals surface area contributed by atoms with Crippen LogP contribution in [0.4, 0.5) is 4.79 Å². The second kappa shape index (κ2) is 16.0. The van der Waals surface area contributed by atoms with Gasteiger partial charge in [-0.1, -0.05) is 55.5 Å². The van der Waals surface area contributed by atoms with E-state index in [1.165, 1.54) is 4.90 Å². The molecule has 2 N–H and O–H groups in total. The Hall–Kier alpha value is -3.10. The molecule has 0 aliphatic carbocycles. The van der Waals surface area contributed by atoms with Gasteiger partial charge in [-0.15, -0.1) is 0 Å². The number of nitrogens with one attached hydrogen (secondary N) is 2. The van der Waals surface area contributed by atoms with E-state index in [0.29, 0.717) is 18.5 Å². The van der Waals surface area contributed by atoms with Crippen molar-refractivity contribution in [3.8, 4) is 0 Å². The summed E-state index contributed by atoms with van der Waals surface area (Å²) in [6.45, 7) is 15.2. The van der Waals surface area contributed by atoms with Crippen LogP contribution in [-0.2, 0) is 23.9 Å². The van der Waals surface area contributed by atoms with Crippen LogP contribution >= 0.6 is 0 Å². The van der Waals surface area contributed by atoms with Gasteiger partial charge in [0.2, 0.25) is 11.8 Å². The minimum Gasteiger partial charge on any atom is -0.466 e. The third-order valence-electron chi connectivity index (χ3n) is 5.69. The van der Waals surface area contributed by atoms with Gasteiger partial charge in [-0.2, -0.15) is 0 Å². The normalized spacial score (nSPS) is 12.7. The van der Waals surface area contributed by atoms with E-state index in [4.69, 9.17) is 9.47 Å². The highest BCUT2D eigenvalue weighted by molar-refractivity contribution is 5.92. The number of hydrogen-bond donors (Lipinski definition) is 2. The van der Waals surface area contributed by atoms with E-state index in [2.05, 4.69) is 17.6 Å². The molecule has 0 aliphatic heterocycles. The molecule has 38 heavy (non-hydrogen) atoms. The highest BCUT2D eigenvalue weighted by Crippen LogP contribution is 2.26. The number of amides is 3. The zero-order valence-electron chi connectivity index (χ0n) is 24.4. The summed E-state index contributed by atoms with van der Waals surface area (Å²) in [5.74, 6) is -1.19. The first-order chi connectivity index (χ1) is 17.8. The predicted octanol–water partition coefficient (Wildman–Crippen LogP) is 4.74. The Kier molecular flexibility index (Phi) is 13.9. The lowest BCUT2D eigenvalue weighted by Crippen LogP contribution is -2.52. The molecular formula is C29H47N3O6. The summed E-state index contributed by atoms with van der Waals surface area (Å²) in [6, 6.07) is 3.92. The SMILES string of the molecule is CCCCCCN(C(=O)C(C)NC(=O)OC(C)(C)C)C(C(=O)NCCC(=O)OCC)c1cc(C)cc(C)c1. The molecule has 214 valence electrons. The lowest BCUT2D eigenvalue weighted by atomic mass is 9.98. The molecule has 3 amide bonds. The Morgan fingerprint density at radius 1 is 0.974 bits per heavy atom. The summed E-state index contributed by atoms with van der Waals surface area (Å²) >= 11 is 0. The fourth-order valence-corrected chi connectivity index (χ4v) is 4.13. The van der Waals surface area contributed by atoms with E-state index >= 15 is 0 Å². The minimum atomic E-state index is -0.937. The van der Waals surface area contributed by atoms with E-state index in [-0.39, 0.29) is 19.6 Å². The number of rotatable bonds is 14.